The average Bonchev–Trinajstić information content (AvgIpc) is 3.16. The highest BCUT2D eigenvalue weighted by Crippen LogP contribution is 2.23. The van der Waals surface area contributed by atoms with Crippen LogP contribution in [0, 0.1) is 0 Å². The second-order valence-electron chi connectivity index (χ2n) is 6.39. The van der Waals surface area contributed by atoms with Crippen LogP contribution < -0.4 is 5.32 Å². The van der Waals surface area contributed by atoms with Crippen LogP contribution >= 0.6 is 11.3 Å². The van der Waals surface area contributed by atoms with Gasteiger partial charge in [0.1, 0.15) is 5.01 Å². The number of carbonyl (C=O) groups is 1. The van der Waals surface area contributed by atoms with Crippen molar-refractivity contribution in [2.24, 2.45) is 0 Å². The van der Waals surface area contributed by atoms with E-state index in [1.807, 2.05) is 24.3 Å². The number of ether oxygens (including phenoxy) is 1. The van der Waals surface area contributed by atoms with Crippen molar-refractivity contribution >= 4 is 49.2 Å². The average molecular weight is 430 g/mol. The van der Waals surface area contributed by atoms with Gasteiger partial charge >= 0.3 is 0 Å². The van der Waals surface area contributed by atoms with E-state index in [0.717, 1.165) is 15.2 Å². The lowest BCUT2D eigenvalue weighted by atomic mass is 10.3. The molecule has 0 atom stereocenters. The maximum atomic E-state index is 12.8. The molecule has 3 aromatic rings. The summed E-state index contributed by atoms with van der Waals surface area (Å²) < 4.78 is 33.2. The zero-order valence-corrected chi connectivity index (χ0v) is 17.1. The van der Waals surface area contributed by atoms with Gasteiger partial charge < -0.3 is 10.1 Å². The molecule has 1 N–H and O–H groups in total. The van der Waals surface area contributed by atoms with Crippen LogP contribution in [0.1, 0.15) is 5.01 Å². The van der Waals surface area contributed by atoms with Gasteiger partial charge in [0.15, 0.2) is 0 Å². The number of benzene rings is 2. The predicted octanol–water partition coefficient (Wildman–Crippen LogP) is 2.97. The van der Waals surface area contributed by atoms with E-state index in [4.69, 9.17) is 4.74 Å². The van der Waals surface area contributed by atoms with Crippen molar-refractivity contribution in [2.75, 3.05) is 31.6 Å². The van der Waals surface area contributed by atoms with Crippen molar-refractivity contribution in [2.45, 2.75) is 4.90 Å². The van der Waals surface area contributed by atoms with Gasteiger partial charge in [-0.25, -0.2) is 13.4 Å². The minimum absolute atomic E-state index is 0.146. The molecule has 29 heavy (non-hydrogen) atoms. The fraction of sp³-hybridized carbons (Fsp3) is 0.200. The fourth-order valence-corrected chi connectivity index (χ4v) is 5.29. The molecule has 9 heteroatoms. The number of rotatable bonds is 5. The Bertz CT molecular complexity index is 1130. The number of nitrogens with one attached hydrogen (secondary N) is 1. The molecule has 0 aliphatic carbocycles. The summed E-state index contributed by atoms with van der Waals surface area (Å²) in [5.41, 5.74) is 1.30. The predicted molar refractivity (Wildman–Crippen MR) is 113 cm³/mol. The summed E-state index contributed by atoms with van der Waals surface area (Å²) in [6.45, 7) is 1.41. The van der Waals surface area contributed by atoms with Gasteiger partial charge in [0.05, 0.1) is 28.3 Å². The van der Waals surface area contributed by atoms with Crippen molar-refractivity contribution in [1.82, 2.24) is 9.29 Å². The van der Waals surface area contributed by atoms with Crippen LogP contribution in [0.2, 0.25) is 0 Å². The molecule has 1 fully saturated rings. The first-order valence-corrected chi connectivity index (χ1v) is 11.3. The number of fused-ring (bicyclic) bond motifs is 1. The number of morpholine rings is 1. The Kier molecular flexibility index (Phi) is 5.72. The number of thiazole rings is 1. The third-order valence-electron chi connectivity index (χ3n) is 4.40. The highest BCUT2D eigenvalue weighted by Gasteiger charge is 2.26. The Labute approximate surface area is 172 Å². The van der Waals surface area contributed by atoms with Crippen molar-refractivity contribution in [3.63, 3.8) is 0 Å². The van der Waals surface area contributed by atoms with Crippen LogP contribution in [0.25, 0.3) is 16.3 Å². The Morgan fingerprint density at radius 1 is 1.14 bits per heavy atom. The molecule has 2 heterocycles. The number of sulfonamides is 1. The standard InChI is InChI=1S/C20H19N3O4S2/c24-19(8-9-20-22-17-6-1-2-7-18(17)28-20)21-15-4-3-5-16(14-15)29(25,26)23-10-12-27-13-11-23/h1-9,14H,10-13H2,(H,21,24)/b9-8+. The van der Waals surface area contributed by atoms with Crippen molar-refractivity contribution in [1.29, 1.82) is 0 Å². The summed E-state index contributed by atoms with van der Waals surface area (Å²) in [7, 11) is -3.61. The maximum Gasteiger partial charge on any atom is 0.248 e. The molecule has 1 amide bonds. The number of amides is 1. The summed E-state index contributed by atoms with van der Waals surface area (Å²) in [6.07, 6.45) is 3.04. The number of hydrogen-bond donors (Lipinski definition) is 1. The summed E-state index contributed by atoms with van der Waals surface area (Å²) in [6, 6.07) is 14.0. The number of anilines is 1. The Hall–Kier alpha value is -2.59. The quantitative estimate of drug-likeness (QED) is 0.630. The van der Waals surface area contributed by atoms with Gasteiger partial charge in [-0.05, 0) is 36.4 Å². The first kappa shape index (κ1) is 19.7. The van der Waals surface area contributed by atoms with E-state index in [-0.39, 0.29) is 10.8 Å². The summed E-state index contributed by atoms with van der Waals surface area (Å²) >= 11 is 1.49. The lowest BCUT2D eigenvalue weighted by molar-refractivity contribution is -0.111. The molecule has 1 saturated heterocycles. The van der Waals surface area contributed by atoms with Crippen LogP contribution in [0.4, 0.5) is 5.69 Å². The van der Waals surface area contributed by atoms with Gasteiger partial charge in [-0.3, -0.25) is 4.79 Å². The first-order chi connectivity index (χ1) is 14.0. The molecule has 150 valence electrons. The van der Waals surface area contributed by atoms with Gasteiger partial charge in [0.25, 0.3) is 0 Å². The molecule has 1 aliphatic rings. The van der Waals surface area contributed by atoms with Crippen LogP contribution in [0.5, 0.6) is 0 Å². The normalized spacial score (nSPS) is 15.7. The molecular weight excluding hydrogens is 410 g/mol. The highest BCUT2D eigenvalue weighted by molar-refractivity contribution is 7.89. The lowest BCUT2D eigenvalue weighted by Gasteiger charge is -2.26. The number of hydrogen-bond acceptors (Lipinski definition) is 6. The Morgan fingerprint density at radius 3 is 2.72 bits per heavy atom. The number of nitrogens with zero attached hydrogens (tertiary/aromatic N) is 2. The second-order valence-corrected chi connectivity index (χ2v) is 9.39. The lowest BCUT2D eigenvalue weighted by Crippen LogP contribution is -2.40. The molecule has 2 aromatic carbocycles. The highest BCUT2D eigenvalue weighted by atomic mass is 32.2. The minimum Gasteiger partial charge on any atom is -0.379 e. The van der Waals surface area contributed by atoms with E-state index in [9.17, 15) is 13.2 Å². The van der Waals surface area contributed by atoms with Gasteiger partial charge in [-0.2, -0.15) is 4.31 Å². The van der Waals surface area contributed by atoms with Gasteiger partial charge in [-0.15, -0.1) is 11.3 Å². The Morgan fingerprint density at radius 2 is 1.93 bits per heavy atom. The van der Waals surface area contributed by atoms with Gasteiger partial charge in [-0.1, -0.05) is 18.2 Å². The first-order valence-electron chi connectivity index (χ1n) is 9.05. The van der Waals surface area contributed by atoms with Crippen molar-refractivity contribution < 1.29 is 17.9 Å². The minimum atomic E-state index is -3.61. The zero-order valence-electron chi connectivity index (χ0n) is 15.4. The van der Waals surface area contributed by atoms with E-state index in [1.165, 1.54) is 33.9 Å². The van der Waals surface area contributed by atoms with Crippen LogP contribution in [0.15, 0.2) is 59.5 Å². The third kappa shape index (κ3) is 4.54. The summed E-state index contributed by atoms with van der Waals surface area (Å²) in [5.74, 6) is -0.356. The van der Waals surface area contributed by atoms with Crippen LogP contribution in [0.3, 0.4) is 0 Å². The van der Waals surface area contributed by atoms with E-state index in [0.29, 0.717) is 32.0 Å². The van der Waals surface area contributed by atoms with Crippen LogP contribution in [-0.4, -0.2) is 49.9 Å². The monoisotopic (exact) mass is 429 g/mol. The van der Waals surface area contributed by atoms with Crippen LogP contribution in [-0.2, 0) is 19.6 Å². The molecule has 0 radical (unpaired) electrons. The van der Waals surface area contributed by atoms with Crippen molar-refractivity contribution in [3.05, 3.63) is 59.6 Å². The topological polar surface area (TPSA) is 88.6 Å². The Balaban J connectivity index is 1.46. The maximum absolute atomic E-state index is 12.8. The van der Waals surface area contributed by atoms with Gasteiger partial charge in [0, 0.05) is 24.9 Å². The smallest absolute Gasteiger partial charge is 0.248 e. The van der Waals surface area contributed by atoms with Gasteiger partial charge in [0.2, 0.25) is 15.9 Å². The third-order valence-corrected chi connectivity index (χ3v) is 7.29. The van der Waals surface area contributed by atoms with E-state index in [2.05, 4.69) is 10.3 Å². The van der Waals surface area contributed by atoms with Crippen molar-refractivity contribution in [3.8, 4) is 0 Å². The number of aromatic nitrogens is 1. The largest absolute Gasteiger partial charge is 0.379 e. The molecular formula is C20H19N3O4S2. The summed E-state index contributed by atoms with van der Waals surface area (Å²) in [5, 5.41) is 3.43. The summed E-state index contributed by atoms with van der Waals surface area (Å²) in [4.78, 5) is 16.9. The van der Waals surface area contributed by atoms with E-state index in [1.54, 1.807) is 18.2 Å². The molecule has 1 aliphatic heterocycles. The molecule has 0 saturated carbocycles. The molecule has 0 spiro atoms. The molecule has 1 aromatic heterocycles. The molecule has 7 nitrogen and oxygen atoms in total. The number of carbonyl (C=O) groups excluding carboxylic acids is 1. The molecule has 4 rings (SSSR count). The number of para-hydroxylation sites is 1. The molecule has 0 unspecified atom stereocenters. The fourth-order valence-electron chi connectivity index (χ4n) is 2.96. The SMILES string of the molecule is O=C(/C=C/c1nc2ccccc2s1)Nc1cccc(S(=O)(=O)N2CCOCC2)c1. The second kappa shape index (κ2) is 8.42. The zero-order chi connectivity index (χ0) is 20.3. The molecule has 0 bridgehead atoms. The van der Waals surface area contributed by atoms with E-state index >= 15 is 0 Å². The van der Waals surface area contributed by atoms with E-state index < -0.39 is 10.0 Å².